The van der Waals surface area contributed by atoms with Crippen molar-refractivity contribution in [1.29, 1.82) is 0 Å². The third-order valence-corrected chi connectivity index (χ3v) is 5.96. The molecule has 0 saturated heterocycles. The molecule has 0 saturated carbocycles. The molecule has 2 N–H and O–H groups in total. The predicted octanol–water partition coefficient (Wildman–Crippen LogP) is 3.23. The molecule has 7 nitrogen and oxygen atoms in total. The standard InChI is InChI=1S/C24H22N4O3S/c1-27(2)19-10-8-17(9-11-19)16-22-24(29)28(23(26-22)18-6-4-3-5-7-18)20-12-14-21(15-13-20)32(25,30)31/h3-16H,1-2H3,(H2,25,30,31)/b22-16-. The van der Waals surface area contributed by atoms with Crippen LogP contribution < -0.4 is 14.9 Å². The number of sulfonamides is 1. The van der Waals surface area contributed by atoms with Gasteiger partial charge in [-0.05, 0) is 48.0 Å². The molecule has 162 valence electrons. The molecule has 1 aliphatic rings. The monoisotopic (exact) mass is 446 g/mol. The average Bonchev–Trinajstić information content (AvgIpc) is 3.10. The van der Waals surface area contributed by atoms with Gasteiger partial charge in [0.1, 0.15) is 11.5 Å². The zero-order chi connectivity index (χ0) is 22.9. The van der Waals surface area contributed by atoms with Crippen LogP contribution in [0.3, 0.4) is 0 Å². The van der Waals surface area contributed by atoms with Gasteiger partial charge in [-0.1, -0.05) is 42.5 Å². The fourth-order valence-corrected chi connectivity index (χ4v) is 3.86. The first-order chi connectivity index (χ1) is 15.2. The Hall–Kier alpha value is -3.75. The number of hydrogen-bond donors (Lipinski definition) is 1. The van der Waals surface area contributed by atoms with Crippen LogP contribution in [0, 0.1) is 0 Å². The second-order valence-corrected chi connectivity index (χ2v) is 9.06. The summed E-state index contributed by atoms with van der Waals surface area (Å²) >= 11 is 0. The van der Waals surface area contributed by atoms with E-state index < -0.39 is 10.0 Å². The van der Waals surface area contributed by atoms with Crippen LogP contribution in [-0.2, 0) is 14.8 Å². The molecule has 0 aromatic heterocycles. The lowest BCUT2D eigenvalue weighted by atomic mass is 10.1. The van der Waals surface area contributed by atoms with E-state index >= 15 is 0 Å². The highest BCUT2D eigenvalue weighted by Gasteiger charge is 2.32. The minimum absolute atomic E-state index is 0.0251. The largest absolute Gasteiger partial charge is 0.378 e. The molecule has 0 spiro atoms. The van der Waals surface area contributed by atoms with Crippen LogP contribution in [0.15, 0.2) is 94.4 Å². The summed E-state index contributed by atoms with van der Waals surface area (Å²) < 4.78 is 23.2. The molecular weight excluding hydrogens is 424 g/mol. The summed E-state index contributed by atoms with van der Waals surface area (Å²) in [6.45, 7) is 0. The molecular formula is C24H22N4O3S. The maximum Gasteiger partial charge on any atom is 0.282 e. The number of amidine groups is 1. The Morgan fingerprint density at radius 3 is 2.09 bits per heavy atom. The third-order valence-electron chi connectivity index (χ3n) is 5.03. The van der Waals surface area contributed by atoms with E-state index in [1.54, 1.807) is 18.2 Å². The first-order valence-corrected chi connectivity index (χ1v) is 11.4. The van der Waals surface area contributed by atoms with E-state index in [9.17, 15) is 13.2 Å². The van der Waals surface area contributed by atoms with Crippen molar-refractivity contribution in [3.8, 4) is 0 Å². The summed E-state index contributed by atoms with van der Waals surface area (Å²) in [5, 5.41) is 5.20. The van der Waals surface area contributed by atoms with Gasteiger partial charge in [-0.15, -0.1) is 0 Å². The molecule has 0 radical (unpaired) electrons. The smallest absolute Gasteiger partial charge is 0.282 e. The number of primary sulfonamides is 1. The van der Waals surface area contributed by atoms with Crippen molar-refractivity contribution in [2.45, 2.75) is 4.90 Å². The van der Waals surface area contributed by atoms with Crippen molar-refractivity contribution in [1.82, 2.24) is 0 Å². The molecule has 0 unspecified atom stereocenters. The Balaban J connectivity index is 1.76. The van der Waals surface area contributed by atoms with Gasteiger partial charge in [0.2, 0.25) is 10.0 Å². The molecule has 1 aliphatic heterocycles. The lowest BCUT2D eigenvalue weighted by Gasteiger charge is -2.18. The van der Waals surface area contributed by atoms with Gasteiger partial charge in [0.05, 0.1) is 10.6 Å². The highest BCUT2D eigenvalue weighted by Crippen LogP contribution is 2.29. The molecule has 0 aliphatic carbocycles. The first-order valence-electron chi connectivity index (χ1n) is 9.84. The summed E-state index contributed by atoms with van der Waals surface area (Å²) in [5.74, 6) is 0.166. The van der Waals surface area contributed by atoms with E-state index in [-0.39, 0.29) is 16.5 Å². The van der Waals surface area contributed by atoms with Crippen LogP contribution >= 0.6 is 0 Å². The second kappa shape index (κ2) is 8.41. The van der Waals surface area contributed by atoms with E-state index in [1.165, 1.54) is 17.0 Å². The Bertz CT molecular complexity index is 1310. The number of carbonyl (C=O) groups excluding carboxylic acids is 1. The summed E-state index contributed by atoms with van der Waals surface area (Å²) in [7, 11) is 0.0915. The molecule has 32 heavy (non-hydrogen) atoms. The number of amides is 1. The van der Waals surface area contributed by atoms with Gasteiger partial charge in [0.15, 0.2) is 0 Å². The quantitative estimate of drug-likeness (QED) is 0.609. The Kier molecular flexibility index (Phi) is 5.65. The van der Waals surface area contributed by atoms with Crippen LogP contribution in [0.5, 0.6) is 0 Å². The number of nitrogens with two attached hydrogens (primary N) is 1. The van der Waals surface area contributed by atoms with E-state index in [2.05, 4.69) is 4.99 Å². The molecule has 4 rings (SSSR count). The summed E-state index contributed by atoms with van der Waals surface area (Å²) in [5.41, 5.74) is 3.45. The highest BCUT2D eigenvalue weighted by atomic mass is 32.2. The fourth-order valence-electron chi connectivity index (χ4n) is 3.35. The SMILES string of the molecule is CN(C)c1ccc(/C=C2\N=C(c3ccccc3)N(c3ccc(S(N)(=O)=O)cc3)C2=O)cc1. The lowest BCUT2D eigenvalue weighted by Crippen LogP contribution is -2.32. The second-order valence-electron chi connectivity index (χ2n) is 7.50. The van der Waals surface area contributed by atoms with Crippen molar-refractivity contribution in [3.05, 3.63) is 95.7 Å². The molecule has 0 fully saturated rings. The van der Waals surface area contributed by atoms with Gasteiger partial charge in [0.25, 0.3) is 5.91 Å². The van der Waals surface area contributed by atoms with E-state index in [1.807, 2.05) is 73.6 Å². The van der Waals surface area contributed by atoms with Crippen molar-refractivity contribution < 1.29 is 13.2 Å². The van der Waals surface area contributed by atoms with Crippen LogP contribution in [0.4, 0.5) is 11.4 Å². The van der Waals surface area contributed by atoms with Crippen LogP contribution in [0.25, 0.3) is 6.08 Å². The van der Waals surface area contributed by atoms with Gasteiger partial charge < -0.3 is 4.90 Å². The van der Waals surface area contributed by atoms with Crippen molar-refractivity contribution >= 4 is 39.2 Å². The topological polar surface area (TPSA) is 96.1 Å². The van der Waals surface area contributed by atoms with Crippen LogP contribution in [0.2, 0.25) is 0 Å². The van der Waals surface area contributed by atoms with Gasteiger partial charge >= 0.3 is 0 Å². The van der Waals surface area contributed by atoms with Gasteiger partial charge in [-0.25, -0.2) is 18.5 Å². The summed E-state index contributed by atoms with van der Waals surface area (Å²) in [6.07, 6.45) is 1.74. The molecule has 1 amide bonds. The molecule has 1 heterocycles. The van der Waals surface area contributed by atoms with Crippen LogP contribution in [0.1, 0.15) is 11.1 Å². The maximum absolute atomic E-state index is 13.3. The molecule has 0 atom stereocenters. The van der Waals surface area contributed by atoms with E-state index in [0.29, 0.717) is 11.5 Å². The number of benzene rings is 3. The third kappa shape index (κ3) is 4.32. The molecule has 0 bridgehead atoms. The first kappa shape index (κ1) is 21.5. The zero-order valence-electron chi connectivity index (χ0n) is 17.6. The Morgan fingerprint density at radius 2 is 1.53 bits per heavy atom. The van der Waals surface area contributed by atoms with E-state index in [4.69, 9.17) is 5.14 Å². The van der Waals surface area contributed by atoms with Crippen LogP contribution in [-0.4, -0.2) is 34.3 Å². The average molecular weight is 447 g/mol. The number of carbonyl (C=O) groups is 1. The highest BCUT2D eigenvalue weighted by molar-refractivity contribution is 7.89. The number of rotatable bonds is 5. The Labute approximate surface area is 187 Å². The minimum atomic E-state index is -3.83. The maximum atomic E-state index is 13.3. The number of anilines is 2. The van der Waals surface area contributed by atoms with Gasteiger partial charge in [-0.3, -0.25) is 9.69 Å². The zero-order valence-corrected chi connectivity index (χ0v) is 18.5. The predicted molar refractivity (Wildman–Crippen MR) is 127 cm³/mol. The summed E-state index contributed by atoms with van der Waals surface area (Å²) in [4.78, 5) is 21.4. The fraction of sp³-hybridized carbons (Fsp3) is 0.0833. The summed E-state index contributed by atoms with van der Waals surface area (Å²) in [6, 6.07) is 23.0. The van der Waals surface area contributed by atoms with Crippen molar-refractivity contribution in [2.75, 3.05) is 23.9 Å². The number of hydrogen-bond acceptors (Lipinski definition) is 5. The minimum Gasteiger partial charge on any atom is -0.378 e. The van der Waals surface area contributed by atoms with Crippen molar-refractivity contribution in [3.63, 3.8) is 0 Å². The van der Waals surface area contributed by atoms with Gasteiger partial charge in [-0.2, -0.15) is 0 Å². The number of nitrogens with zero attached hydrogens (tertiary/aromatic N) is 3. The molecule has 3 aromatic carbocycles. The van der Waals surface area contributed by atoms with Crippen molar-refractivity contribution in [2.24, 2.45) is 10.1 Å². The number of aliphatic imine (C=N–C) groups is 1. The normalized spacial score (nSPS) is 15.2. The van der Waals surface area contributed by atoms with Gasteiger partial charge in [0, 0.05) is 25.3 Å². The molecule has 8 heteroatoms. The molecule has 3 aromatic rings. The lowest BCUT2D eigenvalue weighted by molar-refractivity contribution is -0.113. The Morgan fingerprint density at radius 1 is 0.906 bits per heavy atom. The van der Waals surface area contributed by atoms with E-state index in [0.717, 1.165) is 16.8 Å².